The SMILES string of the molecule is COCCOCCOCCO[B-](OCCOCCOCCOC)(OC(=O)C(F)(F)F)OC(=O)C(F)(F)F. The molecule has 0 spiro atoms. The second-order valence-corrected chi connectivity index (χ2v) is 6.56. The molecule has 0 fully saturated rings. The second kappa shape index (κ2) is 19.4. The fraction of sp³-hybridized carbons (Fsp3) is 0.889. The quantitative estimate of drug-likeness (QED) is 0.106. The van der Waals surface area contributed by atoms with Crippen molar-refractivity contribution in [2.24, 2.45) is 0 Å². The summed E-state index contributed by atoms with van der Waals surface area (Å²) in [7, 11) is 2.91. The summed E-state index contributed by atoms with van der Waals surface area (Å²) in [6.07, 6.45) is -11.4. The Kier molecular flexibility index (Phi) is 18.4. The van der Waals surface area contributed by atoms with Crippen molar-refractivity contribution in [3.8, 4) is 0 Å². The first-order valence-corrected chi connectivity index (χ1v) is 10.7. The second-order valence-electron chi connectivity index (χ2n) is 6.56. The molecule has 0 amide bonds. The number of halogens is 6. The maximum Gasteiger partial charge on any atom is 0.656 e. The van der Waals surface area contributed by atoms with E-state index in [1.165, 1.54) is 14.2 Å². The third-order valence-corrected chi connectivity index (χ3v) is 3.67. The summed E-state index contributed by atoms with van der Waals surface area (Å²) >= 11 is 0. The third-order valence-electron chi connectivity index (χ3n) is 3.67. The lowest BCUT2D eigenvalue weighted by molar-refractivity contribution is -0.209. The van der Waals surface area contributed by atoms with Crippen molar-refractivity contribution in [2.75, 3.05) is 93.5 Å². The molecule has 0 aliphatic carbocycles. The van der Waals surface area contributed by atoms with Gasteiger partial charge in [-0.3, -0.25) is 0 Å². The van der Waals surface area contributed by atoms with Gasteiger partial charge >= 0.3 is 31.2 Å². The first-order valence-electron chi connectivity index (χ1n) is 10.7. The van der Waals surface area contributed by atoms with Gasteiger partial charge in [-0.1, -0.05) is 0 Å². The summed E-state index contributed by atoms with van der Waals surface area (Å²) in [5, 5.41) is 0. The monoisotopic (exact) mass is 563 g/mol. The lowest BCUT2D eigenvalue weighted by atomic mass is 10.0. The molecule has 0 aliphatic heterocycles. The molecular weight excluding hydrogens is 533 g/mol. The van der Waals surface area contributed by atoms with Crippen LogP contribution in [0, 0.1) is 0 Å². The molecule has 0 saturated carbocycles. The normalized spacial score (nSPS) is 12.5. The Hall–Kier alpha value is -1.74. The minimum atomic E-state index is -5.68. The molecule has 12 nitrogen and oxygen atoms in total. The highest BCUT2D eigenvalue weighted by Gasteiger charge is 2.52. The summed E-state index contributed by atoms with van der Waals surface area (Å²) in [5.74, 6) is -6.05. The van der Waals surface area contributed by atoms with E-state index in [-0.39, 0.29) is 39.6 Å². The van der Waals surface area contributed by atoms with Crippen LogP contribution < -0.4 is 0 Å². The van der Waals surface area contributed by atoms with E-state index in [0.717, 1.165) is 0 Å². The Morgan fingerprint density at radius 3 is 1.05 bits per heavy atom. The van der Waals surface area contributed by atoms with Crippen LogP contribution in [0.4, 0.5) is 26.3 Å². The summed E-state index contributed by atoms with van der Waals surface area (Å²) in [4.78, 5) is 22.7. The smallest absolute Gasteiger partial charge is 0.601 e. The Morgan fingerprint density at radius 2 is 0.784 bits per heavy atom. The van der Waals surface area contributed by atoms with E-state index in [0.29, 0.717) is 13.2 Å². The molecule has 0 aromatic heterocycles. The molecule has 19 heteroatoms. The zero-order valence-corrected chi connectivity index (χ0v) is 20.2. The number of ether oxygens (including phenoxy) is 6. The van der Waals surface area contributed by atoms with E-state index in [9.17, 15) is 35.9 Å². The summed E-state index contributed by atoms with van der Waals surface area (Å²) < 4.78 is 124. The van der Waals surface area contributed by atoms with Gasteiger partial charge in [-0.2, -0.15) is 26.3 Å². The van der Waals surface area contributed by atoms with Crippen LogP contribution in [0.15, 0.2) is 0 Å². The number of hydrogen-bond acceptors (Lipinski definition) is 12. The van der Waals surface area contributed by atoms with E-state index in [1.54, 1.807) is 0 Å². The van der Waals surface area contributed by atoms with Crippen molar-refractivity contribution < 1.29 is 83.0 Å². The van der Waals surface area contributed by atoms with Crippen molar-refractivity contribution in [3.05, 3.63) is 0 Å². The first-order chi connectivity index (χ1) is 17.4. The number of hydrogen-bond donors (Lipinski definition) is 0. The largest absolute Gasteiger partial charge is 0.656 e. The molecule has 0 aliphatic rings. The Morgan fingerprint density at radius 1 is 0.514 bits per heavy atom. The minimum absolute atomic E-state index is 0.0428. The molecule has 0 radical (unpaired) electrons. The average molecular weight is 563 g/mol. The Bertz CT molecular complexity index is 571. The summed E-state index contributed by atoms with van der Waals surface area (Å²) in [5.41, 5.74) is 0. The van der Waals surface area contributed by atoms with E-state index >= 15 is 0 Å². The minimum Gasteiger partial charge on any atom is -0.601 e. The van der Waals surface area contributed by atoms with E-state index < -0.39 is 57.7 Å². The van der Waals surface area contributed by atoms with Gasteiger partial charge in [-0.25, -0.2) is 9.59 Å². The van der Waals surface area contributed by atoms with Crippen molar-refractivity contribution >= 4 is 18.9 Å². The highest BCUT2D eigenvalue weighted by molar-refractivity contribution is 6.57. The molecule has 0 aromatic rings. The zero-order chi connectivity index (χ0) is 28.2. The number of methoxy groups -OCH3 is 2. The van der Waals surface area contributed by atoms with Crippen LogP contribution in [0.2, 0.25) is 0 Å². The Labute approximate surface area is 208 Å². The molecular formula is C18H30BF6O12-. The molecule has 0 saturated heterocycles. The van der Waals surface area contributed by atoms with Gasteiger partial charge in [0.2, 0.25) is 0 Å². The van der Waals surface area contributed by atoms with Gasteiger partial charge < -0.3 is 47.0 Å². The van der Waals surface area contributed by atoms with Crippen LogP contribution >= 0.6 is 0 Å². The molecule has 0 bridgehead atoms. The van der Waals surface area contributed by atoms with Gasteiger partial charge in [0.15, 0.2) is 0 Å². The molecule has 0 heterocycles. The van der Waals surface area contributed by atoms with E-state index in [2.05, 4.69) is 9.31 Å². The van der Waals surface area contributed by atoms with Crippen molar-refractivity contribution in [1.82, 2.24) is 0 Å². The van der Waals surface area contributed by atoms with Crippen LogP contribution in [-0.4, -0.2) is 125 Å². The fourth-order valence-electron chi connectivity index (χ4n) is 2.04. The van der Waals surface area contributed by atoms with E-state index in [1.807, 2.05) is 0 Å². The summed E-state index contributed by atoms with van der Waals surface area (Å²) in [6.45, 7) is -5.99. The molecule has 0 unspecified atom stereocenters. The summed E-state index contributed by atoms with van der Waals surface area (Å²) in [6, 6.07) is 0. The average Bonchev–Trinajstić information content (AvgIpc) is 2.80. The molecule has 220 valence electrons. The van der Waals surface area contributed by atoms with Gasteiger partial charge in [-0.15, -0.1) is 0 Å². The lowest BCUT2D eigenvalue weighted by Crippen LogP contribution is -2.56. The van der Waals surface area contributed by atoms with Gasteiger partial charge in [0.25, 0.3) is 0 Å². The van der Waals surface area contributed by atoms with Gasteiger partial charge in [0.1, 0.15) is 0 Å². The standard InChI is InChI=1S/C18H30BF6O12/c1-28-3-5-30-7-9-32-11-13-34-19(36-15(26)17(20,21)22,37-16(27)18(23,24)25)35-14-12-33-10-8-31-6-4-29-2/h3-14H2,1-2H3/q-1. The third kappa shape index (κ3) is 18.2. The van der Waals surface area contributed by atoms with Crippen LogP contribution in [-0.2, 0) is 56.6 Å². The van der Waals surface area contributed by atoms with Crippen molar-refractivity contribution in [2.45, 2.75) is 12.4 Å². The molecule has 0 atom stereocenters. The molecule has 0 N–H and O–H groups in total. The number of alkyl halides is 6. The highest BCUT2D eigenvalue weighted by Crippen LogP contribution is 2.25. The molecule has 0 aromatic carbocycles. The Balaban J connectivity index is 5.11. The van der Waals surface area contributed by atoms with Crippen LogP contribution in [0.1, 0.15) is 0 Å². The maximum atomic E-state index is 12.7. The highest BCUT2D eigenvalue weighted by atomic mass is 19.4. The number of rotatable bonds is 22. The predicted octanol–water partition coefficient (Wildman–Crippen LogP) is 1.03. The topological polar surface area (TPSA) is 126 Å². The first kappa shape index (κ1) is 35.3. The van der Waals surface area contributed by atoms with Gasteiger partial charge in [0.05, 0.1) is 66.1 Å². The van der Waals surface area contributed by atoms with Crippen molar-refractivity contribution in [1.29, 1.82) is 0 Å². The molecule has 0 rings (SSSR count). The lowest BCUT2D eigenvalue weighted by Gasteiger charge is -2.39. The predicted molar refractivity (Wildman–Crippen MR) is 109 cm³/mol. The van der Waals surface area contributed by atoms with Crippen LogP contribution in [0.3, 0.4) is 0 Å². The number of carbonyl (C=O) groups excluding carboxylic acids is 2. The molecule has 37 heavy (non-hydrogen) atoms. The van der Waals surface area contributed by atoms with Crippen LogP contribution in [0.5, 0.6) is 0 Å². The van der Waals surface area contributed by atoms with Gasteiger partial charge in [-0.05, 0) is 0 Å². The van der Waals surface area contributed by atoms with Crippen molar-refractivity contribution in [3.63, 3.8) is 0 Å². The van der Waals surface area contributed by atoms with Gasteiger partial charge in [0, 0.05) is 27.4 Å². The zero-order valence-electron chi connectivity index (χ0n) is 20.2. The van der Waals surface area contributed by atoms with Crippen LogP contribution in [0.25, 0.3) is 0 Å². The van der Waals surface area contributed by atoms with E-state index in [4.69, 9.17) is 37.7 Å². The maximum absolute atomic E-state index is 12.7. The number of carbonyl (C=O) groups is 2. The fourth-order valence-corrected chi connectivity index (χ4v) is 2.04.